The van der Waals surface area contributed by atoms with Gasteiger partial charge in [0.15, 0.2) is 0 Å². The van der Waals surface area contributed by atoms with Gasteiger partial charge in [0, 0.05) is 17.0 Å². The highest BCUT2D eigenvalue weighted by molar-refractivity contribution is 7.11. The van der Waals surface area contributed by atoms with Gasteiger partial charge >= 0.3 is 0 Å². The Morgan fingerprint density at radius 1 is 1.36 bits per heavy atom. The van der Waals surface area contributed by atoms with E-state index in [-0.39, 0.29) is 5.54 Å². The van der Waals surface area contributed by atoms with Gasteiger partial charge in [0.1, 0.15) is 0 Å². The summed E-state index contributed by atoms with van der Waals surface area (Å²) in [6.45, 7) is 11.8. The van der Waals surface area contributed by atoms with Crippen LogP contribution in [0.5, 0.6) is 0 Å². The van der Waals surface area contributed by atoms with Crippen molar-refractivity contribution in [1.29, 1.82) is 0 Å². The minimum Gasteiger partial charge on any atom is -0.307 e. The van der Waals surface area contributed by atoms with Crippen LogP contribution >= 0.6 is 11.3 Å². The third-order valence-corrected chi connectivity index (χ3v) is 3.68. The van der Waals surface area contributed by atoms with Crippen LogP contribution in [-0.2, 0) is 6.54 Å². The van der Waals surface area contributed by atoms with Crippen molar-refractivity contribution in [2.24, 2.45) is 0 Å². The zero-order valence-corrected chi connectivity index (χ0v) is 10.6. The average Bonchev–Trinajstić information content (AvgIpc) is 2.42. The predicted octanol–water partition coefficient (Wildman–Crippen LogP) is 3.04. The first-order valence-electron chi connectivity index (χ1n) is 5.12. The molecule has 0 aliphatic carbocycles. The molecule has 0 aliphatic heterocycles. The van der Waals surface area contributed by atoms with Crippen molar-refractivity contribution < 1.29 is 0 Å². The van der Waals surface area contributed by atoms with Crippen molar-refractivity contribution in [3.05, 3.63) is 15.6 Å². The van der Waals surface area contributed by atoms with Gasteiger partial charge in [-0.05, 0) is 34.1 Å². The molecule has 2 nitrogen and oxygen atoms in total. The molecule has 0 atom stereocenters. The molecule has 1 aromatic heterocycles. The van der Waals surface area contributed by atoms with Crippen molar-refractivity contribution in [2.45, 2.75) is 53.1 Å². The summed E-state index contributed by atoms with van der Waals surface area (Å²) in [5.41, 5.74) is 1.40. The molecule has 1 aromatic rings. The molecule has 0 spiro atoms. The van der Waals surface area contributed by atoms with E-state index >= 15 is 0 Å². The van der Waals surface area contributed by atoms with Gasteiger partial charge in [-0.15, -0.1) is 11.3 Å². The van der Waals surface area contributed by atoms with Crippen molar-refractivity contribution in [3.63, 3.8) is 0 Å². The van der Waals surface area contributed by atoms with E-state index in [2.05, 4.69) is 44.9 Å². The first-order chi connectivity index (χ1) is 6.44. The molecule has 0 aromatic carbocycles. The third kappa shape index (κ3) is 3.07. The molecule has 1 rings (SSSR count). The van der Waals surface area contributed by atoms with Crippen LogP contribution in [0, 0.1) is 13.8 Å². The Morgan fingerprint density at radius 2 is 2.00 bits per heavy atom. The van der Waals surface area contributed by atoms with E-state index in [0.717, 1.165) is 18.0 Å². The summed E-state index contributed by atoms with van der Waals surface area (Å²) in [4.78, 5) is 5.78. The van der Waals surface area contributed by atoms with Gasteiger partial charge in [0.25, 0.3) is 0 Å². The fourth-order valence-corrected chi connectivity index (χ4v) is 2.06. The number of hydrogen-bond acceptors (Lipinski definition) is 3. The SMILES string of the molecule is CCC(C)(C)NCc1sc(C)nc1C. The standard InChI is InChI=1S/C11H20N2S/c1-6-11(4,5)12-7-10-8(2)13-9(3)14-10/h12H,6-7H2,1-5H3. The molecular formula is C11H20N2S. The fourth-order valence-electron chi connectivity index (χ4n) is 1.18. The maximum absolute atomic E-state index is 4.42. The first-order valence-corrected chi connectivity index (χ1v) is 5.94. The number of hydrogen-bond donors (Lipinski definition) is 1. The summed E-state index contributed by atoms with van der Waals surface area (Å²) in [7, 11) is 0. The summed E-state index contributed by atoms with van der Waals surface area (Å²) in [6.07, 6.45) is 1.14. The lowest BCUT2D eigenvalue weighted by atomic mass is 10.0. The van der Waals surface area contributed by atoms with Crippen LogP contribution in [0.1, 0.15) is 42.8 Å². The summed E-state index contributed by atoms with van der Waals surface area (Å²) < 4.78 is 0. The molecule has 0 radical (unpaired) electrons. The van der Waals surface area contributed by atoms with Gasteiger partial charge in [0.05, 0.1) is 10.7 Å². The normalized spacial score (nSPS) is 12.1. The molecule has 0 unspecified atom stereocenters. The van der Waals surface area contributed by atoms with Gasteiger partial charge in [0.2, 0.25) is 0 Å². The smallest absolute Gasteiger partial charge is 0.0900 e. The molecule has 0 saturated heterocycles. The van der Waals surface area contributed by atoms with Crippen LogP contribution in [0.15, 0.2) is 0 Å². The van der Waals surface area contributed by atoms with Crippen LogP contribution < -0.4 is 5.32 Å². The van der Waals surface area contributed by atoms with Crippen molar-refractivity contribution in [1.82, 2.24) is 10.3 Å². The second-order valence-electron chi connectivity index (χ2n) is 4.33. The maximum atomic E-state index is 4.42. The molecule has 0 fully saturated rings. The zero-order chi connectivity index (χ0) is 10.8. The predicted molar refractivity (Wildman–Crippen MR) is 62.8 cm³/mol. The van der Waals surface area contributed by atoms with Gasteiger partial charge in [-0.3, -0.25) is 0 Å². The lowest BCUT2D eigenvalue weighted by molar-refractivity contribution is 0.375. The Kier molecular flexibility index (Phi) is 3.67. The van der Waals surface area contributed by atoms with Gasteiger partial charge in [-0.2, -0.15) is 0 Å². The summed E-state index contributed by atoms with van der Waals surface area (Å²) in [6, 6.07) is 0. The molecule has 80 valence electrons. The number of aryl methyl sites for hydroxylation is 2. The number of nitrogens with zero attached hydrogens (tertiary/aromatic N) is 1. The van der Waals surface area contributed by atoms with E-state index in [9.17, 15) is 0 Å². The highest BCUT2D eigenvalue weighted by Crippen LogP contribution is 2.18. The largest absolute Gasteiger partial charge is 0.307 e. The molecule has 0 aliphatic rings. The quantitative estimate of drug-likeness (QED) is 0.830. The lowest BCUT2D eigenvalue weighted by Crippen LogP contribution is -2.37. The van der Waals surface area contributed by atoms with Crippen LogP contribution in [0.2, 0.25) is 0 Å². The van der Waals surface area contributed by atoms with E-state index < -0.39 is 0 Å². The van der Waals surface area contributed by atoms with Crippen molar-refractivity contribution >= 4 is 11.3 Å². The lowest BCUT2D eigenvalue weighted by Gasteiger charge is -2.24. The van der Waals surface area contributed by atoms with E-state index in [1.165, 1.54) is 10.6 Å². The van der Waals surface area contributed by atoms with Gasteiger partial charge in [-0.1, -0.05) is 6.92 Å². The van der Waals surface area contributed by atoms with E-state index in [0.29, 0.717) is 0 Å². The molecule has 0 bridgehead atoms. The monoisotopic (exact) mass is 212 g/mol. The van der Waals surface area contributed by atoms with Gasteiger partial charge < -0.3 is 5.32 Å². The van der Waals surface area contributed by atoms with E-state index in [4.69, 9.17) is 0 Å². The topological polar surface area (TPSA) is 24.9 Å². The Labute approximate surface area is 90.8 Å². The van der Waals surface area contributed by atoms with Crippen molar-refractivity contribution in [3.8, 4) is 0 Å². The molecular weight excluding hydrogens is 192 g/mol. The molecule has 0 saturated carbocycles. The van der Waals surface area contributed by atoms with Gasteiger partial charge in [-0.25, -0.2) is 4.98 Å². The number of thiazole rings is 1. The first kappa shape index (κ1) is 11.7. The fraction of sp³-hybridized carbons (Fsp3) is 0.727. The summed E-state index contributed by atoms with van der Waals surface area (Å²) >= 11 is 1.79. The minimum atomic E-state index is 0.227. The Morgan fingerprint density at radius 3 is 2.43 bits per heavy atom. The van der Waals surface area contributed by atoms with E-state index in [1.807, 2.05) is 0 Å². The molecule has 1 N–H and O–H groups in total. The molecule has 14 heavy (non-hydrogen) atoms. The highest BCUT2D eigenvalue weighted by Gasteiger charge is 2.14. The molecule has 3 heteroatoms. The second-order valence-corrected chi connectivity index (χ2v) is 5.62. The zero-order valence-electron chi connectivity index (χ0n) is 9.77. The highest BCUT2D eigenvalue weighted by atomic mass is 32.1. The Hall–Kier alpha value is -0.410. The maximum Gasteiger partial charge on any atom is 0.0900 e. The molecule has 1 heterocycles. The number of rotatable bonds is 4. The Balaban J connectivity index is 2.58. The van der Waals surface area contributed by atoms with Crippen LogP contribution in [0.4, 0.5) is 0 Å². The van der Waals surface area contributed by atoms with Crippen LogP contribution in [-0.4, -0.2) is 10.5 Å². The molecule has 0 amide bonds. The number of aromatic nitrogens is 1. The Bertz CT molecular complexity index is 302. The second kappa shape index (κ2) is 4.41. The summed E-state index contributed by atoms with van der Waals surface area (Å²) in [5.74, 6) is 0. The summed E-state index contributed by atoms with van der Waals surface area (Å²) in [5, 5.41) is 4.71. The van der Waals surface area contributed by atoms with E-state index in [1.54, 1.807) is 11.3 Å². The number of nitrogens with one attached hydrogen (secondary N) is 1. The van der Waals surface area contributed by atoms with Crippen LogP contribution in [0.3, 0.4) is 0 Å². The minimum absolute atomic E-state index is 0.227. The third-order valence-electron chi connectivity index (χ3n) is 2.61. The van der Waals surface area contributed by atoms with Crippen LogP contribution in [0.25, 0.3) is 0 Å². The average molecular weight is 212 g/mol. The van der Waals surface area contributed by atoms with Crippen molar-refractivity contribution in [2.75, 3.05) is 0 Å².